The number of rotatable bonds is 12. The summed E-state index contributed by atoms with van der Waals surface area (Å²) in [4.78, 5) is 11.6. The molecule has 1 fully saturated rings. The molecule has 1 saturated heterocycles. The van der Waals surface area contributed by atoms with Gasteiger partial charge in [0.05, 0.1) is 5.75 Å². The lowest BCUT2D eigenvalue weighted by Crippen LogP contribution is -2.24. The monoisotopic (exact) mass is 351 g/mol. The summed E-state index contributed by atoms with van der Waals surface area (Å²) < 4.78 is 29.1. The van der Waals surface area contributed by atoms with Crippen LogP contribution < -0.4 is 0 Å². The highest BCUT2D eigenvalue weighted by molar-refractivity contribution is 8.02. The molecule has 22 heavy (non-hydrogen) atoms. The highest BCUT2D eigenvalue weighted by Gasteiger charge is 2.30. The van der Waals surface area contributed by atoms with Gasteiger partial charge in [-0.2, -0.15) is 8.42 Å². The highest BCUT2D eigenvalue weighted by atomic mass is 32.3. The summed E-state index contributed by atoms with van der Waals surface area (Å²) in [5.41, 5.74) is 0. The minimum atomic E-state index is -3.37. The van der Waals surface area contributed by atoms with Crippen molar-refractivity contribution in [1.29, 1.82) is 0 Å². The standard InChI is InChI=1S/C16H31O4S2/c1-2-3-6-11-16(17)12-7-4-10-15-22(18,19)20-21-13-8-5-9-14-21/h2-15H2,1H3/q+1. The molecule has 4 nitrogen and oxygen atoms in total. The quantitative estimate of drug-likeness (QED) is 0.397. The summed E-state index contributed by atoms with van der Waals surface area (Å²) in [7, 11) is -3.37. The molecule has 0 bridgehead atoms. The molecular formula is C16H31O4S2+. The van der Waals surface area contributed by atoms with Crippen LogP contribution in [-0.4, -0.2) is 31.5 Å². The van der Waals surface area contributed by atoms with Crippen LogP contribution in [0.1, 0.15) is 77.6 Å². The van der Waals surface area contributed by atoms with Gasteiger partial charge in [-0.15, -0.1) is 0 Å². The summed E-state index contributed by atoms with van der Waals surface area (Å²) in [6.45, 7) is 2.13. The van der Waals surface area contributed by atoms with E-state index in [1.807, 2.05) is 0 Å². The van der Waals surface area contributed by atoms with E-state index in [1.165, 1.54) is 6.42 Å². The Morgan fingerprint density at radius 2 is 1.59 bits per heavy atom. The second-order valence-corrected chi connectivity index (χ2v) is 9.81. The average molecular weight is 352 g/mol. The maximum atomic E-state index is 11.9. The van der Waals surface area contributed by atoms with Gasteiger partial charge in [-0.1, -0.05) is 26.2 Å². The number of carbonyl (C=O) groups is 1. The van der Waals surface area contributed by atoms with E-state index in [-0.39, 0.29) is 16.9 Å². The Morgan fingerprint density at radius 3 is 2.23 bits per heavy atom. The lowest BCUT2D eigenvalue weighted by atomic mass is 10.1. The fourth-order valence-electron chi connectivity index (χ4n) is 2.53. The maximum Gasteiger partial charge on any atom is 0.311 e. The van der Waals surface area contributed by atoms with Gasteiger partial charge in [0.1, 0.15) is 17.3 Å². The van der Waals surface area contributed by atoms with Crippen molar-refractivity contribution in [1.82, 2.24) is 0 Å². The normalized spacial score (nSPS) is 16.8. The molecule has 0 amide bonds. The number of carbonyl (C=O) groups excluding carboxylic acids is 1. The van der Waals surface area contributed by atoms with Gasteiger partial charge in [0, 0.05) is 12.8 Å². The number of ketones is 1. The van der Waals surface area contributed by atoms with Gasteiger partial charge in [-0.3, -0.25) is 4.79 Å². The molecule has 1 heterocycles. The first-order chi connectivity index (χ1) is 10.5. The Hall–Kier alpha value is -0.0700. The van der Waals surface area contributed by atoms with Crippen LogP contribution in [0.25, 0.3) is 0 Å². The van der Waals surface area contributed by atoms with Crippen molar-refractivity contribution >= 4 is 27.1 Å². The van der Waals surface area contributed by atoms with Crippen molar-refractivity contribution in [3.63, 3.8) is 0 Å². The number of Topliss-reactive ketones (excluding diaryl/α,β-unsaturated/α-hetero) is 1. The van der Waals surface area contributed by atoms with Crippen molar-refractivity contribution in [3.05, 3.63) is 0 Å². The molecule has 0 spiro atoms. The topological polar surface area (TPSA) is 60.4 Å². The lowest BCUT2D eigenvalue weighted by molar-refractivity contribution is -0.119. The minimum absolute atomic E-state index is 0.0977. The van der Waals surface area contributed by atoms with Crippen LogP contribution in [0.4, 0.5) is 0 Å². The van der Waals surface area contributed by atoms with Crippen LogP contribution in [0.15, 0.2) is 0 Å². The fraction of sp³-hybridized carbons (Fsp3) is 0.938. The Morgan fingerprint density at radius 1 is 0.955 bits per heavy atom. The number of unbranched alkanes of at least 4 members (excludes halogenated alkanes) is 4. The van der Waals surface area contributed by atoms with E-state index >= 15 is 0 Å². The van der Waals surface area contributed by atoms with Crippen LogP contribution in [0.5, 0.6) is 0 Å². The van der Waals surface area contributed by atoms with Crippen LogP contribution in [0, 0.1) is 0 Å². The van der Waals surface area contributed by atoms with Gasteiger partial charge < -0.3 is 0 Å². The third kappa shape index (κ3) is 9.85. The maximum absolute atomic E-state index is 11.9. The first-order valence-electron chi connectivity index (χ1n) is 8.65. The molecule has 1 rings (SSSR count). The molecule has 0 atom stereocenters. The first-order valence-corrected chi connectivity index (χ1v) is 11.7. The largest absolute Gasteiger partial charge is 0.311 e. The van der Waals surface area contributed by atoms with E-state index in [1.54, 1.807) is 0 Å². The predicted octanol–water partition coefficient (Wildman–Crippen LogP) is 3.76. The van der Waals surface area contributed by atoms with Crippen LogP contribution in [-0.2, 0) is 29.7 Å². The molecule has 1 aliphatic rings. The zero-order chi connectivity index (χ0) is 16.3. The predicted molar refractivity (Wildman–Crippen MR) is 93.4 cm³/mol. The molecule has 6 heteroatoms. The van der Waals surface area contributed by atoms with Gasteiger partial charge in [0.15, 0.2) is 11.2 Å². The van der Waals surface area contributed by atoms with Crippen molar-refractivity contribution in [2.45, 2.75) is 77.6 Å². The smallest absolute Gasteiger partial charge is 0.300 e. The molecule has 0 unspecified atom stereocenters. The number of hydrogen-bond acceptors (Lipinski definition) is 4. The summed E-state index contributed by atoms with van der Waals surface area (Å²) in [5, 5.41) is 0. The third-order valence-electron chi connectivity index (χ3n) is 3.85. The summed E-state index contributed by atoms with van der Waals surface area (Å²) in [6.07, 6.45) is 10.0. The lowest BCUT2D eigenvalue weighted by Gasteiger charge is -2.11. The van der Waals surface area contributed by atoms with E-state index in [0.29, 0.717) is 25.0 Å². The summed E-state index contributed by atoms with van der Waals surface area (Å²) >= 11 is -0.376. The fourth-order valence-corrected chi connectivity index (χ4v) is 6.33. The Labute approximate surface area is 139 Å². The molecule has 0 N–H and O–H groups in total. The molecule has 0 radical (unpaired) electrons. The van der Waals surface area contributed by atoms with Crippen molar-refractivity contribution in [2.24, 2.45) is 0 Å². The molecule has 0 saturated carbocycles. The number of hydrogen-bond donors (Lipinski definition) is 0. The molecular weight excluding hydrogens is 320 g/mol. The zero-order valence-electron chi connectivity index (χ0n) is 13.8. The summed E-state index contributed by atoms with van der Waals surface area (Å²) in [6, 6.07) is 0. The van der Waals surface area contributed by atoms with Crippen molar-refractivity contribution in [3.8, 4) is 0 Å². The van der Waals surface area contributed by atoms with E-state index < -0.39 is 10.1 Å². The average Bonchev–Trinajstić information content (AvgIpc) is 2.47. The summed E-state index contributed by atoms with van der Waals surface area (Å²) in [5.74, 6) is 2.20. The van der Waals surface area contributed by atoms with E-state index in [4.69, 9.17) is 3.63 Å². The van der Waals surface area contributed by atoms with E-state index in [2.05, 4.69) is 6.92 Å². The Kier molecular flexibility index (Phi) is 10.4. The van der Waals surface area contributed by atoms with Crippen molar-refractivity contribution < 1.29 is 16.8 Å². The van der Waals surface area contributed by atoms with Gasteiger partial charge in [-0.05, 0) is 42.2 Å². The molecule has 0 aromatic rings. The van der Waals surface area contributed by atoms with Crippen molar-refractivity contribution in [2.75, 3.05) is 17.3 Å². The second kappa shape index (κ2) is 11.5. The second-order valence-electron chi connectivity index (χ2n) is 6.05. The van der Waals surface area contributed by atoms with Crippen LogP contribution in [0.3, 0.4) is 0 Å². The highest BCUT2D eigenvalue weighted by Crippen LogP contribution is 2.18. The van der Waals surface area contributed by atoms with Crippen LogP contribution in [0.2, 0.25) is 0 Å². The van der Waals surface area contributed by atoms with Gasteiger partial charge in [-0.25, -0.2) is 0 Å². The van der Waals surface area contributed by atoms with E-state index in [9.17, 15) is 13.2 Å². The Balaban J connectivity index is 2.06. The molecule has 130 valence electrons. The van der Waals surface area contributed by atoms with Gasteiger partial charge in [0.25, 0.3) is 0 Å². The molecule has 0 aromatic carbocycles. The van der Waals surface area contributed by atoms with Crippen LogP contribution >= 0.6 is 0 Å². The van der Waals surface area contributed by atoms with Gasteiger partial charge >= 0.3 is 10.1 Å². The molecule has 0 aliphatic carbocycles. The zero-order valence-corrected chi connectivity index (χ0v) is 15.5. The minimum Gasteiger partial charge on any atom is -0.300 e. The Bertz CT molecular complexity index is 400. The van der Waals surface area contributed by atoms with Gasteiger partial charge in [0.2, 0.25) is 0 Å². The molecule has 1 aliphatic heterocycles. The van der Waals surface area contributed by atoms with E-state index in [0.717, 1.165) is 56.5 Å². The third-order valence-corrected chi connectivity index (χ3v) is 7.73. The SMILES string of the molecule is CCCCCC(=O)CCCCCS(=O)(=O)O[S+]1CCCCC1. The molecule has 0 aromatic heterocycles. The first kappa shape index (κ1) is 20.0.